The fourth-order valence-corrected chi connectivity index (χ4v) is 2.22. The average Bonchev–Trinajstić information content (AvgIpc) is 2.71. The highest BCUT2D eigenvalue weighted by Gasteiger charge is 2.16. The molecule has 0 aliphatic carbocycles. The number of rotatable bonds is 7. The number of amides is 2. The molecule has 0 saturated heterocycles. The van der Waals surface area contributed by atoms with Gasteiger partial charge in [-0.2, -0.15) is 0 Å². The molecule has 2 aromatic carbocycles. The van der Waals surface area contributed by atoms with Crippen molar-refractivity contribution < 1.29 is 28.6 Å². The Labute approximate surface area is 156 Å². The second-order valence-corrected chi connectivity index (χ2v) is 5.35. The second kappa shape index (κ2) is 9.23. The third-order valence-corrected chi connectivity index (χ3v) is 3.62. The molecule has 0 bridgehead atoms. The first kappa shape index (κ1) is 19.8. The quantitative estimate of drug-likeness (QED) is 0.719. The van der Waals surface area contributed by atoms with Crippen LogP contribution in [-0.4, -0.2) is 45.7 Å². The van der Waals surface area contributed by atoms with Gasteiger partial charge in [0.2, 0.25) is 0 Å². The molecule has 8 heteroatoms. The van der Waals surface area contributed by atoms with E-state index in [0.717, 1.165) is 0 Å². The fourth-order valence-electron chi connectivity index (χ4n) is 2.22. The zero-order valence-electron chi connectivity index (χ0n) is 15.2. The topological polar surface area (TPSA) is 103 Å². The molecule has 0 fully saturated rings. The van der Waals surface area contributed by atoms with E-state index in [0.29, 0.717) is 17.0 Å². The average molecular weight is 372 g/mol. The molecular formula is C19H20N2O6. The van der Waals surface area contributed by atoms with Crippen LogP contribution in [0.25, 0.3) is 0 Å². The lowest BCUT2D eigenvalue weighted by molar-refractivity contribution is -0.119. The lowest BCUT2D eigenvalue weighted by atomic mass is 10.2. The number of carbonyl (C=O) groups excluding carboxylic acids is 3. The minimum absolute atomic E-state index is 0.182. The van der Waals surface area contributed by atoms with Crippen LogP contribution in [0.3, 0.4) is 0 Å². The first-order valence-electron chi connectivity index (χ1n) is 7.99. The summed E-state index contributed by atoms with van der Waals surface area (Å²) in [6.07, 6.45) is 0. The summed E-state index contributed by atoms with van der Waals surface area (Å²) in [4.78, 5) is 35.6. The van der Waals surface area contributed by atoms with Gasteiger partial charge in [-0.05, 0) is 36.4 Å². The zero-order chi connectivity index (χ0) is 19.8. The van der Waals surface area contributed by atoms with Gasteiger partial charge in [0.05, 0.1) is 14.2 Å². The van der Waals surface area contributed by atoms with Gasteiger partial charge in [0.15, 0.2) is 6.61 Å². The Morgan fingerprint density at radius 2 is 1.67 bits per heavy atom. The number of anilines is 1. The van der Waals surface area contributed by atoms with E-state index in [2.05, 4.69) is 10.6 Å². The maximum Gasteiger partial charge on any atom is 0.342 e. The molecule has 8 nitrogen and oxygen atoms in total. The van der Waals surface area contributed by atoms with Gasteiger partial charge in [0.1, 0.15) is 17.1 Å². The summed E-state index contributed by atoms with van der Waals surface area (Å²) in [5.74, 6) is -0.621. The SMILES string of the molecule is CNC(=O)c1ccc(NC(=O)COC(=O)c2ccc(OC)cc2OC)cc1. The van der Waals surface area contributed by atoms with Crippen LogP contribution >= 0.6 is 0 Å². The van der Waals surface area contributed by atoms with E-state index in [1.165, 1.54) is 27.3 Å². The Balaban J connectivity index is 1.93. The predicted octanol–water partition coefficient (Wildman–Crippen LogP) is 1.86. The number of hydrogen-bond donors (Lipinski definition) is 2. The molecular weight excluding hydrogens is 352 g/mol. The maximum absolute atomic E-state index is 12.2. The van der Waals surface area contributed by atoms with E-state index in [1.807, 2.05) is 0 Å². The van der Waals surface area contributed by atoms with E-state index in [9.17, 15) is 14.4 Å². The number of ether oxygens (including phenoxy) is 3. The number of esters is 1. The van der Waals surface area contributed by atoms with Crippen molar-refractivity contribution in [2.45, 2.75) is 0 Å². The van der Waals surface area contributed by atoms with Crippen molar-refractivity contribution in [3.05, 3.63) is 53.6 Å². The summed E-state index contributed by atoms with van der Waals surface area (Å²) < 4.78 is 15.2. The third kappa shape index (κ3) is 5.21. The van der Waals surface area contributed by atoms with Crippen molar-refractivity contribution in [3.63, 3.8) is 0 Å². The standard InChI is InChI=1S/C19H20N2O6/c1-20-18(23)12-4-6-13(7-5-12)21-17(22)11-27-19(24)15-9-8-14(25-2)10-16(15)26-3/h4-10H,11H2,1-3H3,(H,20,23)(H,21,22). The molecule has 2 amide bonds. The van der Waals surface area contributed by atoms with Gasteiger partial charge in [-0.25, -0.2) is 4.79 Å². The summed E-state index contributed by atoms with van der Waals surface area (Å²) in [6, 6.07) is 10.9. The Morgan fingerprint density at radius 1 is 0.963 bits per heavy atom. The normalized spacial score (nSPS) is 9.89. The van der Waals surface area contributed by atoms with E-state index >= 15 is 0 Å². The maximum atomic E-state index is 12.2. The minimum Gasteiger partial charge on any atom is -0.497 e. The Hall–Kier alpha value is -3.55. The lowest BCUT2D eigenvalue weighted by Gasteiger charge is -2.10. The minimum atomic E-state index is -0.695. The highest BCUT2D eigenvalue weighted by atomic mass is 16.5. The van der Waals surface area contributed by atoms with Crippen LogP contribution < -0.4 is 20.1 Å². The van der Waals surface area contributed by atoms with Gasteiger partial charge >= 0.3 is 5.97 Å². The van der Waals surface area contributed by atoms with Gasteiger partial charge in [-0.3, -0.25) is 9.59 Å². The van der Waals surface area contributed by atoms with Crippen LogP contribution in [-0.2, 0) is 9.53 Å². The van der Waals surface area contributed by atoms with Crippen molar-refractivity contribution in [3.8, 4) is 11.5 Å². The molecule has 27 heavy (non-hydrogen) atoms. The molecule has 2 aromatic rings. The van der Waals surface area contributed by atoms with Gasteiger partial charge in [0, 0.05) is 24.4 Å². The molecule has 0 spiro atoms. The second-order valence-electron chi connectivity index (χ2n) is 5.35. The molecule has 0 aliphatic rings. The number of methoxy groups -OCH3 is 2. The van der Waals surface area contributed by atoms with Crippen molar-refractivity contribution in [2.75, 3.05) is 33.2 Å². The number of hydrogen-bond acceptors (Lipinski definition) is 6. The van der Waals surface area contributed by atoms with Crippen LogP contribution in [0.4, 0.5) is 5.69 Å². The van der Waals surface area contributed by atoms with Crippen LogP contribution in [0.15, 0.2) is 42.5 Å². The Kier molecular flexibility index (Phi) is 6.76. The first-order valence-corrected chi connectivity index (χ1v) is 7.99. The van der Waals surface area contributed by atoms with E-state index in [-0.39, 0.29) is 17.2 Å². The van der Waals surface area contributed by atoms with Gasteiger partial charge < -0.3 is 24.8 Å². The lowest BCUT2D eigenvalue weighted by Crippen LogP contribution is -2.21. The van der Waals surface area contributed by atoms with Crippen LogP contribution in [0.1, 0.15) is 20.7 Å². The summed E-state index contributed by atoms with van der Waals surface area (Å²) in [6.45, 7) is -0.467. The summed E-state index contributed by atoms with van der Waals surface area (Å²) in [5, 5.41) is 5.09. The van der Waals surface area contributed by atoms with Crippen molar-refractivity contribution in [2.24, 2.45) is 0 Å². The Bertz CT molecular complexity index is 833. The summed E-state index contributed by atoms with van der Waals surface area (Å²) in [5.41, 5.74) is 1.13. The van der Waals surface area contributed by atoms with Crippen LogP contribution in [0.5, 0.6) is 11.5 Å². The highest BCUT2D eigenvalue weighted by molar-refractivity contribution is 5.98. The molecule has 0 aromatic heterocycles. The van der Waals surface area contributed by atoms with Crippen molar-refractivity contribution in [1.29, 1.82) is 0 Å². The number of benzene rings is 2. The molecule has 0 heterocycles. The molecule has 0 unspecified atom stereocenters. The van der Waals surface area contributed by atoms with E-state index in [1.54, 1.807) is 36.4 Å². The monoisotopic (exact) mass is 372 g/mol. The molecule has 0 atom stereocenters. The summed E-state index contributed by atoms with van der Waals surface area (Å²) >= 11 is 0. The molecule has 0 aliphatic heterocycles. The van der Waals surface area contributed by atoms with Crippen LogP contribution in [0.2, 0.25) is 0 Å². The van der Waals surface area contributed by atoms with Crippen molar-refractivity contribution in [1.82, 2.24) is 5.32 Å². The molecule has 2 N–H and O–H groups in total. The smallest absolute Gasteiger partial charge is 0.342 e. The number of nitrogens with one attached hydrogen (secondary N) is 2. The summed E-state index contributed by atoms with van der Waals surface area (Å²) in [7, 11) is 4.45. The molecule has 0 radical (unpaired) electrons. The predicted molar refractivity (Wildman–Crippen MR) is 98.3 cm³/mol. The van der Waals surface area contributed by atoms with Crippen LogP contribution in [0, 0.1) is 0 Å². The first-order chi connectivity index (χ1) is 13.0. The van der Waals surface area contributed by atoms with Gasteiger partial charge in [0.25, 0.3) is 11.8 Å². The fraction of sp³-hybridized carbons (Fsp3) is 0.211. The zero-order valence-corrected chi connectivity index (χ0v) is 15.2. The largest absolute Gasteiger partial charge is 0.497 e. The van der Waals surface area contributed by atoms with Gasteiger partial charge in [-0.15, -0.1) is 0 Å². The third-order valence-electron chi connectivity index (χ3n) is 3.62. The van der Waals surface area contributed by atoms with Gasteiger partial charge in [-0.1, -0.05) is 0 Å². The van der Waals surface area contributed by atoms with Crippen molar-refractivity contribution >= 4 is 23.5 Å². The Morgan fingerprint density at radius 3 is 2.26 bits per heavy atom. The van der Waals surface area contributed by atoms with E-state index < -0.39 is 18.5 Å². The van der Waals surface area contributed by atoms with E-state index in [4.69, 9.17) is 14.2 Å². The molecule has 142 valence electrons. The number of carbonyl (C=O) groups is 3. The molecule has 2 rings (SSSR count). The molecule has 0 saturated carbocycles. The highest BCUT2D eigenvalue weighted by Crippen LogP contribution is 2.25.